The lowest BCUT2D eigenvalue weighted by Gasteiger charge is -2.26. The number of nitrogens with one attached hydrogen (secondary N) is 2. The van der Waals surface area contributed by atoms with E-state index in [0.29, 0.717) is 6.54 Å². The van der Waals surface area contributed by atoms with Gasteiger partial charge in [0.05, 0.1) is 19.8 Å². The van der Waals surface area contributed by atoms with Crippen molar-refractivity contribution >= 4 is 16.9 Å². The van der Waals surface area contributed by atoms with Crippen LogP contribution in [0.1, 0.15) is 22.5 Å². The quantitative estimate of drug-likeness (QED) is 0.485. The van der Waals surface area contributed by atoms with Crippen LogP contribution in [-0.2, 0) is 24.4 Å². The van der Waals surface area contributed by atoms with Crippen molar-refractivity contribution in [3.63, 3.8) is 0 Å². The molecule has 0 bridgehead atoms. The number of hydrogen-bond acceptors (Lipinski definition) is 4. The Morgan fingerprint density at radius 2 is 1.67 bits per heavy atom. The molecule has 1 aliphatic rings. The Hall–Kier alpha value is -2.83. The van der Waals surface area contributed by atoms with Crippen LogP contribution in [0.5, 0.6) is 0 Å². The molecule has 1 saturated heterocycles. The highest BCUT2D eigenvalue weighted by Gasteiger charge is 2.11. The fourth-order valence-corrected chi connectivity index (χ4v) is 3.74. The Balaban J connectivity index is 1.28. The first-order valence-electron chi connectivity index (χ1n) is 10.5. The number of para-hydroxylation sites is 1. The molecule has 30 heavy (non-hydrogen) atoms. The van der Waals surface area contributed by atoms with Crippen molar-refractivity contribution < 1.29 is 9.15 Å². The zero-order valence-electron chi connectivity index (χ0n) is 17.8. The number of rotatable bonds is 6. The minimum Gasteiger partial charge on any atom is -0.459 e. The number of furan rings is 1. The van der Waals surface area contributed by atoms with Crippen molar-refractivity contribution in [2.24, 2.45) is 4.99 Å². The van der Waals surface area contributed by atoms with Crippen molar-refractivity contribution in [1.82, 2.24) is 15.5 Å². The van der Waals surface area contributed by atoms with Gasteiger partial charge in [0.15, 0.2) is 5.96 Å². The standard InChI is InChI=1S/C24H30N4O2/c1-18-21-5-3-4-6-22(21)30-23(18)16-27-24(25-2)26-15-19-7-9-20(10-8-19)17-28-11-13-29-14-12-28/h3-10H,11-17H2,1-2H3,(H2,25,26,27). The summed E-state index contributed by atoms with van der Waals surface area (Å²) in [4.78, 5) is 6.76. The van der Waals surface area contributed by atoms with E-state index in [1.807, 2.05) is 18.2 Å². The number of fused-ring (bicyclic) bond motifs is 1. The summed E-state index contributed by atoms with van der Waals surface area (Å²) < 4.78 is 11.4. The van der Waals surface area contributed by atoms with Gasteiger partial charge in [-0.3, -0.25) is 9.89 Å². The monoisotopic (exact) mass is 406 g/mol. The van der Waals surface area contributed by atoms with E-state index in [0.717, 1.165) is 62.1 Å². The summed E-state index contributed by atoms with van der Waals surface area (Å²) in [5, 5.41) is 7.89. The van der Waals surface area contributed by atoms with Crippen molar-refractivity contribution in [2.75, 3.05) is 33.4 Å². The molecule has 0 atom stereocenters. The molecule has 1 aliphatic heterocycles. The largest absolute Gasteiger partial charge is 0.459 e. The topological polar surface area (TPSA) is 62.0 Å². The average molecular weight is 407 g/mol. The van der Waals surface area contributed by atoms with Gasteiger partial charge in [0.1, 0.15) is 11.3 Å². The highest BCUT2D eigenvalue weighted by atomic mass is 16.5. The van der Waals surface area contributed by atoms with Crippen LogP contribution in [0.25, 0.3) is 11.0 Å². The van der Waals surface area contributed by atoms with E-state index in [-0.39, 0.29) is 0 Å². The number of benzene rings is 2. The maximum Gasteiger partial charge on any atom is 0.191 e. The van der Waals surface area contributed by atoms with Gasteiger partial charge in [-0.15, -0.1) is 0 Å². The lowest BCUT2D eigenvalue weighted by Crippen LogP contribution is -2.36. The number of hydrogen-bond donors (Lipinski definition) is 2. The molecule has 1 fully saturated rings. The third-order valence-electron chi connectivity index (χ3n) is 5.58. The van der Waals surface area contributed by atoms with Crippen LogP contribution in [0.15, 0.2) is 57.9 Å². The number of ether oxygens (including phenoxy) is 1. The third kappa shape index (κ3) is 5.01. The third-order valence-corrected chi connectivity index (χ3v) is 5.58. The van der Waals surface area contributed by atoms with Crippen LogP contribution in [0, 0.1) is 6.92 Å². The van der Waals surface area contributed by atoms with Crippen LogP contribution in [-0.4, -0.2) is 44.2 Å². The van der Waals surface area contributed by atoms with Crippen LogP contribution in [0.3, 0.4) is 0 Å². The Labute approximate surface area is 177 Å². The number of nitrogens with zero attached hydrogens (tertiary/aromatic N) is 2. The Morgan fingerprint density at radius 3 is 2.40 bits per heavy atom. The van der Waals surface area contributed by atoms with Gasteiger partial charge in [0.25, 0.3) is 0 Å². The molecule has 4 rings (SSSR count). The molecule has 0 unspecified atom stereocenters. The van der Waals surface area contributed by atoms with Crippen molar-refractivity contribution in [3.8, 4) is 0 Å². The van der Waals surface area contributed by atoms with Gasteiger partial charge in [0.2, 0.25) is 0 Å². The number of morpholine rings is 1. The molecule has 3 aromatic rings. The molecule has 0 aliphatic carbocycles. The second-order valence-electron chi connectivity index (χ2n) is 7.63. The van der Waals surface area contributed by atoms with Crippen LogP contribution >= 0.6 is 0 Å². The van der Waals surface area contributed by atoms with E-state index < -0.39 is 0 Å². The van der Waals surface area contributed by atoms with Crippen LogP contribution in [0.4, 0.5) is 0 Å². The Bertz CT molecular complexity index is 988. The molecular formula is C24H30N4O2. The van der Waals surface area contributed by atoms with Crippen LogP contribution < -0.4 is 10.6 Å². The molecule has 6 heteroatoms. The van der Waals surface area contributed by atoms with Crippen molar-refractivity contribution in [3.05, 3.63) is 71.0 Å². The summed E-state index contributed by atoms with van der Waals surface area (Å²) >= 11 is 0. The Morgan fingerprint density at radius 1 is 0.967 bits per heavy atom. The Kier molecular flexibility index (Phi) is 6.67. The molecule has 158 valence electrons. The molecule has 0 saturated carbocycles. The molecule has 2 heterocycles. The minimum atomic E-state index is 0.596. The normalized spacial score (nSPS) is 15.5. The van der Waals surface area contributed by atoms with Crippen molar-refractivity contribution in [1.29, 1.82) is 0 Å². The summed E-state index contributed by atoms with van der Waals surface area (Å²) in [5.74, 6) is 1.69. The molecule has 0 spiro atoms. The number of guanidine groups is 1. The lowest BCUT2D eigenvalue weighted by atomic mass is 10.1. The predicted octanol–water partition coefficient (Wildman–Crippen LogP) is 3.44. The predicted molar refractivity (Wildman–Crippen MR) is 121 cm³/mol. The molecular weight excluding hydrogens is 376 g/mol. The molecule has 0 amide bonds. The summed E-state index contributed by atoms with van der Waals surface area (Å²) in [6.07, 6.45) is 0. The van der Waals surface area contributed by atoms with E-state index in [4.69, 9.17) is 9.15 Å². The summed E-state index contributed by atoms with van der Waals surface area (Å²) in [6, 6.07) is 16.9. The summed E-state index contributed by atoms with van der Waals surface area (Å²) in [7, 11) is 1.78. The smallest absolute Gasteiger partial charge is 0.191 e. The maximum absolute atomic E-state index is 5.97. The molecule has 2 N–H and O–H groups in total. The first kappa shape index (κ1) is 20.4. The fourth-order valence-electron chi connectivity index (χ4n) is 3.74. The first-order chi connectivity index (χ1) is 14.7. The lowest BCUT2D eigenvalue weighted by molar-refractivity contribution is 0.0342. The van der Waals surface area contributed by atoms with Gasteiger partial charge < -0.3 is 19.8 Å². The van der Waals surface area contributed by atoms with Gasteiger partial charge in [-0.05, 0) is 24.1 Å². The average Bonchev–Trinajstić information content (AvgIpc) is 3.11. The zero-order valence-corrected chi connectivity index (χ0v) is 17.8. The summed E-state index contributed by atoms with van der Waals surface area (Å²) in [6.45, 7) is 8.08. The fraction of sp³-hybridized carbons (Fsp3) is 0.375. The molecule has 6 nitrogen and oxygen atoms in total. The van der Waals surface area contributed by atoms with Gasteiger partial charge in [0, 0.05) is 44.2 Å². The van der Waals surface area contributed by atoms with E-state index in [1.54, 1.807) is 7.05 Å². The summed E-state index contributed by atoms with van der Waals surface area (Å²) in [5.41, 5.74) is 4.66. The van der Waals surface area contributed by atoms with Gasteiger partial charge >= 0.3 is 0 Å². The van der Waals surface area contributed by atoms with E-state index in [1.165, 1.54) is 16.7 Å². The zero-order chi connectivity index (χ0) is 20.8. The van der Waals surface area contributed by atoms with E-state index in [9.17, 15) is 0 Å². The van der Waals surface area contributed by atoms with Crippen LogP contribution in [0.2, 0.25) is 0 Å². The highest BCUT2D eigenvalue weighted by molar-refractivity contribution is 5.82. The highest BCUT2D eigenvalue weighted by Crippen LogP contribution is 2.24. The SMILES string of the molecule is CN=C(NCc1ccc(CN2CCOCC2)cc1)NCc1oc2ccccc2c1C. The minimum absolute atomic E-state index is 0.596. The second-order valence-corrected chi connectivity index (χ2v) is 7.63. The van der Waals surface area contributed by atoms with E-state index in [2.05, 4.69) is 57.8 Å². The second kappa shape index (κ2) is 9.78. The molecule has 1 aromatic heterocycles. The van der Waals surface area contributed by atoms with Gasteiger partial charge in [-0.25, -0.2) is 0 Å². The number of aliphatic imine (C=N–C) groups is 1. The number of aryl methyl sites for hydroxylation is 1. The first-order valence-corrected chi connectivity index (χ1v) is 10.5. The maximum atomic E-state index is 5.97. The van der Waals surface area contributed by atoms with Gasteiger partial charge in [-0.2, -0.15) is 0 Å². The molecule has 2 aromatic carbocycles. The van der Waals surface area contributed by atoms with Gasteiger partial charge in [-0.1, -0.05) is 42.5 Å². The van der Waals surface area contributed by atoms with E-state index >= 15 is 0 Å². The van der Waals surface area contributed by atoms with Crippen molar-refractivity contribution in [2.45, 2.75) is 26.6 Å². The molecule has 0 radical (unpaired) electrons.